The summed E-state index contributed by atoms with van der Waals surface area (Å²) in [6.45, 7) is 1.06. The van der Waals surface area contributed by atoms with Crippen LogP contribution in [0, 0.1) is 16.0 Å². The molecule has 7 nitrogen and oxygen atoms in total. The average molecular weight is 335 g/mol. The maximum Gasteiger partial charge on any atom is 0.269 e. The first-order valence-corrected chi connectivity index (χ1v) is 8.54. The second-order valence-corrected chi connectivity index (χ2v) is 6.83. The molecule has 2 amide bonds. The van der Waals surface area contributed by atoms with Gasteiger partial charge in [0.2, 0.25) is 11.8 Å². The van der Waals surface area contributed by atoms with E-state index in [-0.39, 0.29) is 28.8 Å². The van der Waals surface area contributed by atoms with E-state index >= 15 is 0 Å². The van der Waals surface area contributed by atoms with Gasteiger partial charge in [0.15, 0.2) is 0 Å². The van der Waals surface area contributed by atoms with Gasteiger partial charge in [-0.3, -0.25) is 19.7 Å². The molecule has 23 heavy (non-hydrogen) atoms. The minimum absolute atomic E-state index is 0.00299. The molecule has 2 unspecified atom stereocenters. The lowest BCUT2D eigenvalue weighted by atomic mass is 9.97. The zero-order valence-corrected chi connectivity index (χ0v) is 13.3. The predicted octanol–water partition coefficient (Wildman–Crippen LogP) is 1.70. The number of nitro benzene ring substituents is 1. The quantitative estimate of drug-likeness (QED) is 0.670. The maximum atomic E-state index is 12.7. The highest BCUT2D eigenvalue weighted by Gasteiger charge is 2.36. The number of non-ortho nitro benzene ring substituents is 1. The van der Waals surface area contributed by atoms with E-state index in [2.05, 4.69) is 5.32 Å². The second-order valence-electron chi connectivity index (χ2n) is 5.64. The number of hydrogen-bond acceptors (Lipinski definition) is 5. The molecule has 3 rings (SSSR count). The third kappa shape index (κ3) is 3.31. The van der Waals surface area contributed by atoms with Crippen molar-refractivity contribution in [2.24, 2.45) is 5.92 Å². The first-order valence-electron chi connectivity index (χ1n) is 7.49. The topological polar surface area (TPSA) is 92.5 Å². The van der Waals surface area contributed by atoms with Crippen molar-refractivity contribution in [1.82, 2.24) is 10.2 Å². The Bertz CT molecular complexity index is 624. The molecule has 0 saturated carbocycles. The molecule has 2 aliphatic rings. The molecule has 2 atom stereocenters. The molecule has 2 saturated heterocycles. The molecule has 1 aromatic rings. The Morgan fingerprint density at radius 3 is 2.70 bits per heavy atom. The number of rotatable bonds is 3. The molecule has 122 valence electrons. The highest BCUT2D eigenvalue weighted by molar-refractivity contribution is 7.99. The van der Waals surface area contributed by atoms with Crippen LogP contribution in [0.15, 0.2) is 24.3 Å². The van der Waals surface area contributed by atoms with Gasteiger partial charge in [0, 0.05) is 37.4 Å². The van der Waals surface area contributed by atoms with E-state index in [4.69, 9.17) is 0 Å². The van der Waals surface area contributed by atoms with Crippen molar-refractivity contribution in [3.8, 4) is 0 Å². The smallest absolute Gasteiger partial charge is 0.269 e. The molecule has 0 spiro atoms. The molecule has 1 N–H and O–H groups in total. The Labute approximate surface area is 137 Å². The summed E-state index contributed by atoms with van der Waals surface area (Å²) >= 11 is 1.66. The van der Waals surface area contributed by atoms with Crippen molar-refractivity contribution in [3.63, 3.8) is 0 Å². The second kappa shape index (κ2) is 6.57. The van der Waals surface area contributed by atoms with Crippen molar-refractivity contribution in [1.29, 1.82) is 0 Å². The van der Waals surface area contributed by atoms with E-state index in [1.165, 1.54) is 12.1 Å². The van der Waals surface area contributed by atoms with E-state index < -0.39 is 4.92 Å². The minimum Gasteiger partial charge on any atom is -0.355 e. The summed E-state index contributed by atoms with van der Waals surface area (Å²) in [4.78, 5) is 36.1. The van der Waals surface area contributed by atoms with E-state index in [9.17, 15) is 19.7 Å². The van der Waals surface area contributed by atoms with Gasteiger partial charge in [0.05, 0.1) is 10.8 Å². The number of hydrogen-bond donors (Lipinski definition) is 1. The summed E-state index contributed by atoms with van der Waals surface area (Å²) in [7, 11) is 0. The van der Waals surface area contributed by atoms with E-state index in [1.807, 2.05) is 4.90 Å². The van der Waals surface area contributed by atoms with Crippen molar-refractivity contribution in [2.75, 3.05) is 18.8 Å². The Balaban J connectivity index is 1.73. The third-order valence-corrected chi connectivity index (χ3v) is 5.44. The summed E-state index contributed by atoms with van der Waals surface area (Å²) < 4.78 is 0. The van der Waals surface area contributed by atoms with Gasteiger partial charge in [0.1, 0.15) is 5.37 Å². The predicted molar refractivity (Wildman–Crippen MR) is 85.7 cm³/mol. The summed E-state index contributed by atoms with van der Waals surface area (Å²) in [6, 6.07) is 6.36. The molecule has 0 aromatic heterocycles. The summed E-state index contributed by atoms with van der Waals surface area (Å²) in [6.07, 6.45) is 0.971. The number of nitrogens with zero attached hydrogens (tertiary/aromatic N) is 2. The Hall–Kier alpha value is -2.09. The molecular formula is C15H17N3O4S. The summed E-state index contributed by atoms with van der Waals surface area (Å²) in [5.41, 5.74) is 0.941. The van der Waals surface area contributed by atoms with Crippen LogP contribution in [0.2, 0.25) is 0 Å². The van der Waals surface area contributed by atoms with Crippen LogP contribution in [0.3, 0.4) is 0 Å². The minimum atomic E-state index is -0.431. The molecular weight excluding hydrogens is 318 g/mol. The van der Waals surface area contributed by atoms with Gasteiger partial charge in [-0.15, -0.1) is 11.8 Å². The maximum absolute atomic E-state index is 12.7. The van der Waals surface area contributed by atoms with Crippen LogP contribution in [-0.4, -0.2) is 40.5 Å². The number of benzene rings is 1. The van der Waals surface area contributed by atoms with Gasteiger partial charge in [-0.1, -0.05) is 0 Å². The summed E-state index contributed by atoms with van der Waals surface area (Å²) in [5, 5.41) is 13.4. The fourth-order valence-electron chi connectivity index (χ4n) is 2.91. The molecule has 2 fully saturated rings. The zero-order valence-electron chi connectivity index (χ0n) is 12.4. The fourth-order valence-corrected chi connectivity index (χ4v) is 4.17. The van der Waals surface area contributed by atoms with E-state index in [0.29, 0.717) is 25.9 Å². The van der Waals surface area contributed by atoms with Crippen molar-refractivity contribution >= 4 is 29.3 Å². The molecule has 8 heteroatoms. The highest BCUT2D eigenvalue weighted by Crippen LogP contribution is 2.39. The molecule has 0 aliphatic carbocycles. The number of carbonyl (C=O) groups is 2. The lowest BCUT2D eigenvalue weighted by molar-refractivity contribution is -0.384. The molecule has 2 heterocycles. The number of carbonyl (C=O) groups excluding carboxylic acids is 2. The van der Waals surface area contributed by atoms with Crippen LogP contribution in [-0.2, 0) is 9.59 Å². The van der Waals surface area contributed by atoms with Crippen LogP contribution in [0.25, 0.3) is 0 Å². The van der Waals surface area contributed by atoms with Gasteiger partial charge in [-0.2, -0.15) is 0 Å². The van der Waals surface area contributed by atoms with Crippen LogP contribution in [0.5, 0.6) is 0 Å². The fraction of sp³-hybridized carbons (Fsp3) is 0.467. The van der Waals surface area contributed by atoms with Crippen molar-refractivity contribution in [3.05, 3.63) is 39.9 Å². The first-order chi connectivity index (χ1) is 11.1. The number of nitro groups is 1. The van der Waals surface area contributed by atoms with Crippen LogP contribution < -0.4 is 5.32 Å². The lowest BCUT2D eigenvalue weighted by Crippen LogP contribution is -2.44. The van der Waals surface area contributed by atoms with Gasteiger partial charge < -0.3 is 10.2 Å². The normalized spacial score (nSPS) is 24.3. The first kappa shape index (κ1) is 15.8. The van der Waals surface area contributed by atoms with Crippen LogP contribution in [0.4, 0.5) is 5.69 Å². The van der Waals surface area contributed by atoms with Crippen LogP contribution >= 0.6 is 11.8 Å². The van der Waals surface area contributed by atoms with Gasteiger partial charge >= 0.3 is 0 Å². The third-order valence-electron chi connectivity index (χ3n) is 4.18. The highest BCUT2D eigenvalue weighted by atomic mass is 32.2. The standard InChI is InChI=1S/C15H17N3O4S/c19-13-6-3-11(9-16-13)14(20)17-7-8-23-15(17)10-1-4-12(5-2-10)18(21)22/h1-2,4-5,11,15H,3,6-9H2,(H,16,19). The van der Waals surface area contributed by atoms with Crippen LogP contribution in [0.1, 0.15) is 23.8 Å². The van der Waals surface area contributed by atoms with Gasteiger partial charge in [-0.05, 0) is 24.1 Å². The summed E-state index contributed by atoms with van der Waals surface area (Å²) in [5.74, 6) is 0.717. The Morgan fingerprint density at radius 2 is 2.09 bits per heavy atom. The number of amides is 2. The van der Waals surface area contributed by atoms with Gasteiger partial charge in [0.25, 0.3) is 5.69 Å². The van der Waals surface area contributed by atoms with Crippen molar-refractivity contribution < 1.29 is 14.5 Å². The van der Waals surface area contributed by atoms with E-state index in [1.54, 1.807) is 23.9 Å². The largest absolute Gasteiger partial charge is 0.355 e. The monoisotopic (exact) mass is 335 g/mol. The molecule has 0 bridgehead atoms. The van der Waals surface area contributed by atoms with Crippen molar-refractivity contribution in [2.45, 2.75) is 18.2 Å². The average Bonchev–Trinajstić information content (AvgIpc) is 3.04. The lowest BCUT2D eigenvalue weighted by Gasteiger charge is -2.30. The molecule has 0 radical (unpaired) electrons. The Kier molecular flexibility index (Phi) is 4.51. The van der Waals surface area contributed by atoms with E-state index in [0.717, 1.165) is 11.3 Å². The Morgan fingerprint density at radius 1 is 1.35 bits per heavy atom. The van der Waals surface area contributed by atoms with Gasteiger partial charge in [-0.25, -0.2) is 0 Å². The zero-order chi connectivity index (χ0) is 16.4. The molecule has 2 aliphatic heterocycles. The number of nitrogens with one attached hydrogen (secondary N) is 1. The number of thioether (sulfide) groups is 1. The SMILES string of the molecule is O=C1CCC(C(=O)N2CCSC2c2ccc([N+](=O)[O-])cc2)CN1. The molecule has 1 aromatic carbocycles. The number of piperidine rings is 1.